The highest BCUT2D eigenvalue weighted by atomic mass is 16.6. The van der Waals surface area contributed by atoms with E-state index in [-0.39, 0.29) is 30.3 Å². The normalized spacial score (nSPS) is 34.2. The van der Waals surface area contributed by atoms with Gasteiger partial charge in [0.25, 0.3) is 0 Å². The summed E-state index contributed by atoms with van der Waals surface area (Å²) in [6, 6.07) is 9.91. The van der Waals surface area contributed by atoms with Gasteiger partial charge in [0.2, 0.25) is 0 Å². The first-order chi connectivity index (χ1) is 18.8. The molecule has 0 spiro atoms. The number of rotatable bonds is 2. The van der Waals surface area contributed by atoms with Crippen molar-refractivity contribution in [3.05, 3.63) is 41.6 Å². The van der Waals surface area contributed by atoms with E-state index in [4.69, 9.17) is 9.47 Å². The van der Waals surface area contributed by atoms with Crippen LogP contribution in [0.2, 0.25) is 0 Å². The van der Waals surface area contributed by atoms with E-state index < -0.39 is 35.6 Å². The molecule has 3 heterocycles. The molecule has 40 heavy (non-hydrogen) atoms. The van der Waals surface area contributed by atoms with Gasteiger partial charge in [-0.25, -0.2) is 0 Å². The van der Waals surface area contributed by atoms with Gasteiger partial charge in [-0.05, 0) is 55.2 Å². The molecule has 2 fully saturated rings. The maximum Gasteiger partial charge on any atom is 0.309 e. The highest BCUT2D eigenvalue weighted by Gasteiger charge is 2.48. The van der Waals surface area contributed by atoms with Gasteiger partial charge in [-0.3, -0.25) is 14.6 Å². The number of hydrogen-bond donors (Lipinski definition) is 2. The number of ketones is 1. The first-order valence-electron chi connectivity index (χ1n) is 14.9. The third kappa shape index (κ3) is 6.75. The maximum atomic E-state index is 13.4. The van der Waals surface area contributed by atoms with Gasteiger partial charge >= 0.3 is 5.97 Å². The number of carbonyl (C=O) groups is 2. The summed E-state index contributed by atoms with van der Waals surface area (Å²) in [6.07, 6.45) is 0.310. The van der Waals surface area contributed by atoms with Gasteiger partial charge in [-0.2, -0.15) is 0 Å². The minimum Gasteiger partial charge on any atom is -0.457 e. The molecule has 220 valence electrons. The van der Waals surface area contributed by atoms with Crippen molar-refractivity contribution in [2.75, 3.05) is 0 Å². The van der Waals surface area contributed by atoms with Crippen LogP contribution in [0.4, 0.5) is 0 Å². The molecular weight excluding hydrogens is 506 g/mol. The fourth-order valence-electron chi connectivity index (χ4n) is 6.36. The van der Waals surface area contributed by atoms with Crippen LogP contribution in [0.1, 0.15) is 91.0 Å². The molecule has 0 radical (unpaired) electrons. The summed E-state index contributed by atoms with van der Waals surface area (Å²) in [5, 5.41) is 23.1. The molecule has 8 atom stereocenters. The monoisotopic (exact) mass is 553 g/mol. The number of fused-ring (bicyclic) bond motifs is 2. The molecule has 7 heteroatoms. The number of nitrogens with zero attached hydrogens (tertiary/aromatic N) is 1. The van der Waals surface area contributed by atoms with Crippen molar-refractivity contribution in [2.45, 2.75) is 111 Å². The number of benzene rings is 1. The van der Waals surface area contributed by atoms with Crippen molar-refractivity contribution in [3.8, 4) is 0 Å². The number of aliphatic hydroxyl groups excluding tert-OH is 2. The molecule has 4 rings (SSSR count). The van der Waals surface area contributed by atoms with E-state index in [0.717, 1.165) is 41.4 Å². The molecule has 0 bridgehead atoms. The molecule has 2 N–H and O–H groups in total. The highest BCUT2D eigenvalue weighted by Crippen LogP contribution is 2.43. The van der Waals surface area contributed by atoms with E-state index in [1.165, 1.54) is 0 Å². The Bertz CT molecular complexity index is 1210. The van der Waals surface area contributed by atoms with Gasteiger partial charge in [-0.15, -0.1) is 0 Å². The van der Waals surface area contributed by atoms with Gasteiger partial charge in [0.1, 0.15) is 11.9 Å². The highest BCUT2D eigenvalue weighted by molar-refractivity contribution is 5.88. The number of epoxide rings is 1. The zero-order valence-electron chi connectivity index (χ0n) is 25.1. The fourth-order valence-corrected chi connectivity index (χ4v) is 6.36. The lowest BCUT2D eigenvalue weighted by molar-refractivity contribution is -0.156. The second kappa shape index (κ2) is 12.3. The van der Waals surface area contributed by atoms with Crippen LogP contribution >= 0.6 is 0 Å². The van der Waals surface area contributed by atoms with Gasteiger partial charge in [0.15, 0.2) is 0 Å². The second-order valence-corrected chi connectivity index (χ2v) is 13.2. The molecule has 2 aliphatic rings. The van der Waals surface area contributed by atoms with Gasteiger partial charge in [-0.1, -0.05) is 66.2 Å². The molecule has 0 saturated carbocycles. The Kier molecular flexibility index (Phi) is 9.38. The Morgan fingerprint density at radius 2 is 1.75 bits per heavy atom. The lowest BCUT2D eigenvalue weighted by Gasteiger charge is -2.34. The zero-order valence-corrected chi connectivity index (χ0v) is 25.1. The summed E-state index contributed by atoms with van der Waals surface area (Å²) in [6.45, 7) is 13.3. The van der Waals surface area contributed by atoms with Crippen LogP contribution in [0.15, 0.2) is 30.3 Å². The molecule has 1 unspecified atom stereocenters. The molecule has 2 saturated heterocycles. The Labute approximate surface area is 238 Å². The number of cyclic esters (lactones) is 1. The van der Waals surface area contributed by atoms with Crippen LogP contribution in [0.5, 0.6) is 0 Å². The van der Waals surface area contributed by atoms with Crippen LogP contribution in [-0.4, -0.2) is 51.4 Å². The summed E-state index contributed by atoms with van der Waals surface area (Å²) in [7, 11) is 0. The van der Waals surface area contributed by atoms with Gasteiger partial charge < -0.3 is 19.7 Å². The number of aliphatic hydroxyl groups is 2. The average molecular weight is 554 g/mol. The SMILES string of the molecule is Cc1ccc2ccc([C@@H]3C[C@@H]4O[C@@H]4C(C(C)C)CCC[C@H](C)[C@H](O)[C@@H](C)C(=O)C(C)(C)[C@@H](O)CC(=O)O3)cc2n1. The molecule has 1 aromatic heterocycles. The van der Waals surface area contributed by atoms with Crippen molar-refractivity contribution in [2.24, 2.45) is 29.1 Å². The van der Waals surface area contributed by atoms with Crippen LogP contribution in [0, 0.1) is 36.0 Å². The molecule has 0 aliphatic carbocycles. The van der Waals surface area contributed by atoms with E-state index in [9.17, 15) is 19.8 Å². The number of hydrogen-bond acceptors (Lipinski definition) is 7. The standard InChI is InChI=1S/C33H47NO6/c1-18(2)24-10-8-9-19(3)30(37)21(5)32(38)33(6,7)28(35)17-29(36)39-26(16-27-31(24)40-27)23-14-13-22-12-11-20(4)34-25(22)15-23/h11-15,18-19,21,24,26-28,30-31,35,37H,8-10,16-17H2,1-7H3/t19-,21+,24?,26-,27-,28-,30-,31+/m0/s1. The Morgan fingerprint density at radius 1 is 1.05 bits per heavy atom. The summed E-state index contributed by atoms with van der Waals surface area (Å²) in [5.41, 5.74) is 1.35. The Morgan fingerprint density at radius 3 is 2.45 bits per heavy atom. The Balaban J connectivity index is 1.64. The summed E-state index contributed by atoms with van der Waals surface area (Å²) >= 11 is 0. The molecule has 2 aliphatic heterocycles. The minimum absolute atomic E-state index is 0.0342. The third-order valence-corrected chi connectivity index (χ3v) is 9.38. The van der Waals surface area contributed by atoms with Crippen LogP contribution < -0.4 is 0 Å². The number of esters is 1. The molecule has 0 amide bonds. The van der Waals surface area contributed by atoms with Crippen molar-refractivity contribution >= 4 is 22.7 Å². The predicted octanol–water partition coefficient (Wildman–Crippen LogP) is 5.72. The van der Waals surface area contributed by atoms with E-state index >= 15 is 0 Å². The Hall–Kier alpha value is -2.35. The first kappa shape index (κ1) is 30.6. The van der Waals surface area contributed by atoms with Crippen molar-refractivity contribution in [1.29, 1.82) is 0 Å². The number of aromatic nitrogens is 1. The molecule has 7 nitrogen and oxygen atoms in total. The van der Waals surface area contributed by atoms with Crippen molar-refractivity contribution in [3.63, 3.8) is 0 Å². The van der Waals surface area contributed by atoms with E-state index in [1.807, 2.05) is 44.2 Å². The smallest absolute Gasteiger partial charge is 0.309 e. The maximum absolute atomic E-state index is 13.4. The lowest BCUT2D eigenvalue weighted by atomic mass is 9.73. The summed E-state index contributed by atoms with van der Waals surface area (Å²) in [4.78, 5) is 31.3. The van der Waals surface area contributed by atoms with Crippen molar-refractivity contribution < 1.29 is 29.3 Å². The lowest BCUT2D eigenvalue weighted by Crippen LogP contribution is -2.45. The van der Waals surface area contributed by atoms with Gasteiger partial charge in [0, 0.05) is 23.4 Å². The third-order valence-electron chi connectivity index (χ3n) is 9.38. The predicted molar refractivity (Wildman–Crippen MR) is 155 cm³/mol. The molecular formula is C33H47NO6. The van der Waals surface area contributed by atoms with E-state index in [2.05, 4.69) is 18.8 Å². The average Bonchev–Trinajstić information content (AvgIpc) is 3.66. The largest absolute Gasteiger partial charge is 0.457 e. The summed E-state index contributed by atoms with van der Waals surface area (Å²) in [5.74, 6) is -0.780. The van der Waals surface area contributed by atoms with Crippen LogP contribution in [-0.2, 0) is 19.1 Å². The zero-order chi connectivity index (χ0) is 29.4. The fraction of sp³-hybridized carbons (Fsp3) is 0.667. The number of carbonyl (C=O) groups excluding carboxylic acids is 2. The van der Waals surface area contributed by atoms with E-state index in [1.54, 1.807) is 20.8 Å². The van der Waals surface area contributed by atoms with Crippen molar-refractivity contribution in [1.82, 2.24) is 4.98 Å². The number of Topliss-reactive ketones (excluding diaryl/α,β-unsaturated/α-hetero) is 1. The number of aryl methyl sites for hydroxylation is 1. The van der Waals surface area contributed by atoms with Crippen LogP contribution in [0.25, 0.3) is 10.9 Å². The van der Waals surface area contributed by atoms with Crippen LogP contribution in [0.3, 0.4) is 0 Å². The molecule has 1 aromatic carbocycles. The minimum atomic E-state index is -1.25. The summed E-state index contributed by atoms with van der Waals surface area (Å²) < 4.78 is 12.2. The van der Waals surface area contributed by atoms with Gasteiger partial charge in [0.05, 0.1) is 41.8 Å². The van der Waals surface area contributed by atoms with E-state index in [0.29, 0.717) is 18.3 Å². The molecule has 2 aromatic rings. The first-order valence-corrected chi connectivity index (χ1v) is 14.9. The topological polar surface area (TPSA) is 109 Å². The quantitative estimate of drug-likeness (QED) is 0.362. The number of ether oxygens (including phenoxy) is 2. The number of pyridine rings is 1. The second-order valence-electron chi connectivity index (χ2n) is 13.2.